The van der Waals surface area contributed by atoms with Gasteiger partial charge in [0.15, 0.2) is 0 Å². The Morgan fingerprint density at radius 1 is 1.11 bits per heavy atom. The van der Waals surface area contributed by atoms with Crippen LogP contribution >= 0.6 is 0 Å². The molecule has 1 saturated carbocycles. The molecular weight excluding hydrogens is 226 g/mol. The van der Waals surface area contributed by atoms with Crippen LogP contribution in [-0.2, 0) is 4.79 Å². The molecule has 18 heavy (non-hydrogen) atoms. The van der Waals surface area contributed by atoms with Gasteiger partial charge in [-0.25, -0.2) is 0 Å². The second-order valence-corrected chi connectivity index (χ2v) is 6.39. The average molecular weight is 251 g/mol. The fourth-order valence-corrected chi connectivity index (χ4v) is 4.01. The highest BCUT2D eigenvalue weighted by Crippen LogP contribution is 2.31. The van der Waals surface area contributed by atoms with Gasteiger partial charge in [0.25, 0.3) is 0 Å². The third-order valence-corrected chi connectivity index (χ3v) is 5.28. The van der Waals surface area contributed by atoms with Crippen molar-refractivity contribution >= 4 is 5.91 Å². The summed E-state index contributed by atoms with van der Waals surface area (Å²) in [6, 6.07) is 1.56. The highest BCUT2D eigenvalue weighted by molar-refractivity contribution is 5.79. The molecule has 0 radical (unpaired) electrons. The summed E-state index contributed by atoms with van der Waals surface area (Å²) in [5.74, 6) is 0.589. The molecule has 4 nitrogen and oxygen atoms in total. The Labute approximate surface area is 109 Å². The Kier molecular flexibility index (Phi) is 3.32. The topological polar surface area (TPSA) is 49.6 Å². The van der Waals surface area contributed by atoms with E-state index in [2.05, 4.69) is 16.8 Å². The van der Waals surface area contributed by atoms with Crippen LogP contribution in [0.5, 0.6) is 0 Å². The number of carbonyl (C=O) groups is 1. The predicted molar refractivity (Wildman–Crippen MR) is 71.1 cm³/mol. The molecule has 3 rings (SSSR count). The molecule has 0 aromatic carbocycles. The van der Waals surface area contributed by atoms with E-state index in [1.807, 2.05) is 0 Å². The molecule has 4 atom stereocenters. The van der Waals surface area contributed by atoms with E-state index in [9.17, 15) is 4.79 Å². The quantitative estimate of drug-likeness (QED) is 0.750. The summed E-state index contributed by atoms with van der Waals surface area (Å²) >= 11 is 0. The summed E-state index contributed by atoms with van der Waals surface area (Å²) in [5.41, 5.74) is 5.93. The van der Waals surface area contributed by atoms with Crippen LogP contribution in [0.3, 0.4) is 0 Å². The first-order valence-electron chi connectivity index (χ1n) is 7.41. The van der Waals surface area contributed by atoms with Gasteiger partial charge in [0, 0.05) is 37.1 Å². The molecule has 0 aromatic heterocycles. The molecule has 0 spiro atoms. The molecule has 4 unspecified atom stereocenters. The Morgan fingerprint density at radius 2 is 1.89 bits per heavy atom. The first-order chi connectivity index (χ1) is 8.65. The first kappa shape index (κ1) is 12.4. The lowest BCUT2D eigenvalue weighted by Crippen LogP contribution is -2.42. The number of rotatable bonds is 1. The molecule has 2 aliphatic heterocycles. The van der Waals surface area contributed by atoms with Gasteiger partial charge in [-0.15, -0.1) is 0 Å². The fourth-order valence-electron chi connectivity index (χ4n) is 4.01. The summed E-state index contributed by atoms with van der Waals surface area (Å²) in [6.07, 6.45) is 6.65. The summed E-state index contributed by atoms with van der Waals surface area (Å²) < 4.78 is 0. The fraction of sp³-hybridized carbons (Fsp3) is 0.929. The largest absolute Gasteiger partial charge is 0.341 e. The average Bonchev–Trinajstić information content (AvgIpc) is 2.84. The van der Waals surface area contributed by atoms with Crippen LogP contribution in [0.2, 0.25) is 0 Å². The highest BCUT2D eigenvalue weighted by atomic mass is 16.2. The van der Waals surface area contributed by atoms with Crippen LogP contribution in [0.25, 0.3) is 0 Å². The van der Waals surface area contributed by atoms with Crippen LogP contribution in [0.1, 0.15) is 38.5 Å². The van der Waals surface area contributed by atoms with Crippen LogP contribution in [0.15, 0.2) is 0 Å². The minimum absolute atomic E-state index is 0.210. The first-order valence-corrected chi connectivity index (χ1v) is 7.41. The van der Waals surface area contributed by atoms with Crippen molar-refractivity contribution in [2.75, 3.05) is 20.1 Å². The zero-order chi connectivity index (χ0) is 12.7. The van der Waals surface area contributed by atoms with E-state index in [0.29, 0.717) is 18.0 Å². The summed E-state index contributed by atoms with van der Waals surface area (Å²) in [5, 5.41) is 0. The van der Waals surface area contributed by atoms with Gasteiger partial charge >= 0.3 is 0 Å². The van der Waals surface area contributed by atoms with Crippen LogP contribution in [-0.4, -0.2) is 54.0 Å². The maximum Gasteiger partial charge on any atom is 0.225 e. The van der Waals surface area contributed by atoms with E-state index in [0.717, 1.165) is 38.8 Å². The van der Waals surface area contributed by atoms with E-state index in [1.165, 1.54) is 12.8 Å². The van der Waals surface area contributed by atoms with Gasteiger partial charge in [-0.1, -0.05) is 0 Å². The maximum atomic E-state index is 12.5. The minimum Gasteiger partial charge on any atom is -0.341 e. The molecule has 2 heterocycles. The smallest absolute Gasteiger partial charge is 0.225 e. The number of fused-ring (bicyclic) bond motifs is 2. The Hall–Kier alpha value is -0.610. The molecule has 3 fully saturated rings. The third kappa shape index (κ3) is 2.16. The molecule has 102 valence electrons. The van der Waals surface area contributed by atoms with E-state index in [4.69, 9.17) is 5.73 Å². The maximum absolute atomic E-state index is 12.5. The molecule has 1 amide bonds. The van der Waals surface area contributed by atoms with Gasteiger partial charge in [-0.3, -0.25) is 9.69 Å². The highest BCUT2D eigenvalue weighted by Gasteiger charge is 2.38. The summed E-state index contributed by atoms with van der Waals surface area (Å²) in [7, 11) is 2.22. The van der Waals surface area contributed by atoms with Crippen molar-refractivity contribution < 1.29 is 4.79 Å². The van der Waals surface area contributed by atoms with Crippen molar-refractivity contribution in [2.24, 2.45) is 11.7 Å². The van der Waals surface area contributed by atoms with Crippen molar-refractivity contribution in [1.82, 2.24) is 9.80 Å². The monoisotopic (exact) mass is 251 g/mol. The zero-order valence-corrected chi connectivity index (χ0v) is 11.3. The van der Waals surface area contributed by atoms with Crippen molar-refractivity contribution in [3.63, 3.8) is 0 Å². The van der Waals surface area contributed by atoms with Gasteiger partial charge in [0.05, 0.1) is 0 Å². The molecule has 2 N–H and O–H groups in total. The second kappa shape index (κ2) is 4.82. The van der Waals surface area contributed by atoms with Crippen LogP contribution in [0, 0.1) is 5.92 Å². The number of likely N-dealkylation sites (tertiary alicyclic amines) is 1. The number of likely N-dealkylation sites (N-methyl/N-ethyl adjacent to an activating group) is 1. The SMILES string of the molecule is CN1C2CCC1CN(C(=O)C1CCC(N)C1)CC2. The third-order valence-electron chi connectivity index (χ3n) is 5.28. The van der Waals surface area contributed by atoms with Crippen LogP contribution < -0.4 is 5.73 Å². The van der Waals surface area contributed by atoms with Crippen molar-refractivity contribution in [3.8, 4) is 0 Å². The Balaban J connectivity index is 1.64. The normalized spacial score (nSPS) is 41.1. The molecule has 4 heteroatoms. The molecular formula is C14H25N3O. The van der Waals surface area contributed by atoms with Gasteiger partial charge in [0.1, 0.15) is 0 Å². The van der Waals surface area contributed by atoms with Gasteiger partial charge in [0.2, 0.25) is 5.91 Å². The standard InChI is InChI=1S/C14H25N3O/c1-16-12-4-5-13(16)9-17(7-6-12)14(18)10-2-3-11(15)8-10/h10-13H,2-9,15H2,1H3. The van der Waals surface area contributed by atoms with Gasteiger partial charge in [-0.2, -0.15) is 0 Å². The predicted octanol–water partition coefficient (Wildman–Crippen LogP) is 0.809. The lowest BCUT2D eigenvalue weighted by atomic mass is 10.0. The summed E-state index contributed by atoms with van der Waals surface area (Å²) in [4.78, 5) is 17.2. The summed E-state index contributed by atoms with van der Waals surface area (Å²) in [6.45, 7) is 1.90. The minimum atomic E-state index is 0.210. The molecule has 3 aliphatic rings. The number of nitrogens with zero attached hydrogens (tertiary/aromatic N) is 2. The van der Waals surface area contributed by atoms with Crippen LogP contribution in [0.4, 0.5) is 0 Å². The zero-order valence-electron chi connectivity index (χ0n) is 11.3. The second-order valence-electron chi connectivity index (χ2n) is 6.39. The molecule has 2 bridgehead atoms. The number of hydrogen-bond donors (Lipinski definition) is 1. The van der Waals surface area contributed by atoms with Crippen molar-refractivity contribution in [2.45, 2.75) is 56.7 Å². The van der Waals surface area contributed by atoms with E-state index < -0.39 is 0 Å². The van der Waals surface area contributed by atoms with E-state index >= 15 is 0 Å². The Morgan fingerprint density at radius 3 is 2.61 bits per heavy atom. The van der Waals surface area contributed by atoms with E-state index in [1.54, 1.807) is 0 Å². The van der Waals surface area contributed by atoms with E-state index in [-0.39, 0.29) is 12.0 Å². The number of amides is 1. The number of carbonyl (C=O) groups excluding carboxylic acids is 1. The molecule has 1 aliphatic carbocycles. The Bertz CT molecular complexity index is 333. The lowest BCUT2D eigenvalue weighted by Gasteiger charge is -2.28. The molecule has 2 saturated heterocycles. The van der Waals surface area contributed by atoms with Crippen molar-refractivity contribution in [1.29, 1.82) is 0 Å². The lowest BCUT2D eigenvalue weighted by molar-refractivity contribution is -0.135. The molecule has 0 aromatic rings. The van der Waals surface area contributed by atoms with Gasteiger partial charge in [-0.05, 0) is 45.6 Å². The number of hydrogen-bond acceptors (Lipinski definition) is 3. The number of nitrogens with two attached hydrogens (primary N) is 1. The van der Waals surface area contributed by atoms with Crippen molar-refractivity contribution in [3.05, 3.63) is 0 Å². The van der Waals surface area contributed by atoms with Gasteiger partial charge < -0.3 is 10.6 Å².